The van der Waals surface area contributed by atoms with E-state index in [1.807, 2.05) is 25.2 Å². The van der Waals surface area contributed by atoms with Crippen LogP contribution in [0.5, 0.6) is 11.5 Å². The van der Waals surface area contributed by atoms with E-state index in [1.165, 1.54) is 0 Å². The predicted octanol–water partition coefficient (Wildman–Crippen LogP) is 0.993. The van der Waals surface area contributed by atoms with E-state index in [2.05, 4.69) is 4.90 Å². The van der Waals surface area contributed by atoms with Crippen molar-refractivity contribution in [3.8, 4) is 11.5 Å². The van der Waals surface area contributed by atoms with Crippen LogP contribution in [0.4, 0.5) is 0 Å². The number of hydrogen-bond acceptors (Lipinski definition) is 5. The third-order valence-corrected chi connectivity index (χ3v) is 3.18. The summed E-state index contributed by atoms with van der Waals surface area (Å²) in [6.07, 6.45) is 0. The maximum atomic E-state index is 5.87. The van der Waals surface area contributed by atoms with Gasteiger partial charge in [0.15, 0.2) is 11.5 Å². The fourth-order valence-electron chi connectivity index (χ4n) is 2.08. The molecule has 2 rings (SSSR count). The number of hydrogen-bond donors (Lipinski definition) is 1. The van der Waals surface area contributed by atoms with Gasteiger partial charge < -0.3 is 19.9 Å². The molecule has 1 aliphatic heterocycles. The Morgan fingerprint density at radius 3 is 2.89 bits per heavy atom. The average molecular weight is 252 g/mol. The zero-order valence-corrected chi connectivity index (χ0v) is 10.9. The number of fused-ring (bicyclic) bond motifs is 1. The van der Waals surface area contributed by atoms with Crippen molar-refractivity contribution in [2.75, 3.05) is 40.6 Å². The Morgan fingerprint density at radius 2 is 2.17 bits per heavy atom. The van der Waals surface area contributed by atoms with E-state index in [1.54, 1.807) is 7.11 Å². The normalized spacial score (nSPS) is 15.1. The van der Waals surface area contributed by atoms with Gasteiger partial charge in [0.2, 0.25) is 6.79 Å². The van der Waals surface area contributed by atoms with Crippen LogP contribution in [0, 0.1) is 0 Å². The summed E-state index contributed by atoms with van der Waals surface area (Å²) in [7, 11) is 3.74. The van der Waals surface area contributed by atoms with E-state index >= 15 is 0 Å². The molecule has 0 aromatic heterocycles. The number of methoxy groups -OCH3 is 1. The van der Waals surface area contributed by atoms with E-state index in [9.17, 15) is 0 Å². The highest BCUT2D eigenvalue weighted by Gasteiger charge is 2.19. The fraction of sp³-hybridized carbons (Fsp3) is 0.538. The average Bonchev–Trinajstić information content (AvgIpc) is 2.84. The number of nitrogens with zero attached hydrogens (tertiary/aromatic N) is 1. The summed E-state index contributed by atoms with van der Waals surface area (Å²) in [6, 6.07) is 6.14. The second kappa shape index (κ2) is 6.04. The molecule has 100 valence electrons. The molecule has 0 bridgehead atoms. The minimum absolute atomic E-state index is 0.162. The Bertz CT molecular complexity index is 398. The number of rotatable bonds is 6. The summed E-state index contributed by atoms with van der Waals surface area (Å²) in [4.78, 5) is 2.18. The van der Waals surface area contributed by atoms with Crippen LogP contribution in [-0.2, 0) is 4.74 Å². The van der Waals surface area contributed by atoms with Gasteiger partial charge in [0.1, 0.15) is 0 Å². The molecule has 1 atom stereocenters. The molecule has 0 fully saturated rings. The third-order valence-electron chi connectivity index (χ3n) is 3.18. The smallest absolute Gasteiger partial charge is 0.231 e. The van der Waals surface area contributed by atoms with Crippen LogP contribution in [0.2, 0.25) is 0 Å². The molecular formula is C13H20N2O3. The van der Waals surface area contributed by atoms with Crippen LogP contribution >= 0.6 is 0 Å². The second-order valence-electron chi connectivity index (χ2n) is 4.34. The van der Waals surface area contributed by atoms with Gasteiger partial charge in [-0.15, -0.1) is 0 Å². The first kappa shape index (κ1) is 13.1. The van der Waals surface area contributed by atoms with Gasteiger partial charge in [-0.3, -0.25) is 4.90 Å². The Morgan fingerprint density at radius 1 is 1.39 bits per heavy atom. The largest absolute Gasteiger partial charge is 0.454 e. The zero-order chi connectivity index (χ0) is 13.0. The molecule has 1 aromatic carbocycles. The Balaban J connectivity index is 2.12. The van der Waals surface area contributed by atoms with Crippen LogP contribution in [-0.4, -0.2) is 45.5 Å². The Hall–Kier alpha value is -1.30. The molecule has 5 heteroatoms. The van der Waals surface area contributed by atoms with Gasteiger partial charge in [-0.1, -0.05) is 6.07 Å². The SMILES string of the molecule is COCCN(C)C(CN)c1ccc2c(c1)OCO2. The van der Waals surface area contributed by atoms with Crippen molar-refractivity contribution in [3.63, 3.8) is 0 Å². The van der Waals surface area contributed by atoms with Crippen molar-refractivity contribution >= 4 is 0 Å². The quantitative estimate of drug-likeness (QED) is 0.818. The lowest BCUT2D eigenvalue weighted by Gasteiger charge is -2.27. The Kier molecular flexibility index (Phi) is 4.41. The highest BCUT2D eigenvalue weighted by atomic mass is 16.7. The molecule has 0 radical (unpaired) electrons. The molecule has 1 unspecified atom stereocenters. The molecule has 1 heterocycles. The summed E-state index contributed by atoms with van der Waals surface area (Å²) >= 11 is 0. The number of likely N-dealkylation sites (N-methyl/N-ethyl adjacent to an activating group) is 1. The van der Waals surface area contributed by atoms with Gasteiger partial charge in [0.05, 0.1) is 6.61 Å². The highest BCUT2D eigenvalue weighted by Crippen LogP contribution is 2.34. The molecule has 0 amide bonds. The van der Waals surface area contributed by atoms with E-state index in [4.69, 9.17) is 19.9 Å². The third kappa shape index (κ3) is 2.75. The van der Waals surface area contributed by atoms with Crippen LogP contribution in [0.15, 0.2) is 18.2 Å². The lowest BCUT2D eigenvalue weighted by Crippen LogP contribution is -2.32. The zero-order valence-electron chi connectivity index (χ0n) is 10.9. The summed E-state index contributed by atoms with van der Waals surface area (Å²) in [5.41, 5.74) is 7.01. The van der Waals surface area contributed by atoms with E-state index in [0.717, 1.165) is 23.6 Å². The molecule has 1 aliphatic rings. The first-order chi connectivity index (χ1) is 8.76. The predicted molar refractivity (Wildman–Crippen MR) is 68.9 cm³/mol. The topological polar surface area (TPSA) is 57.0 Å². The van der Waals surface area contributed by atoms with Gasteiger partial charge in [-0.05, 0) is 24.7 Å². The number of ether oxygens (including phenoxy) is 3. The number of nitrogens with two attached hydrogens (primary N) is 1. The molecule has 1 aromatic rings. The minimum Gasteiger partial charge on any atom is -0.454 e. The number of benzene rings is 1. The van der Waals surface area contributed by atoms with Gasteiger partial charge in [0.25, 0.3) is 0 Å². The molecule has 18 heavy (non-hydrogen) atoms. The van der Waals surface area contributed by atoms with Crippen LogP contribution in [0.1, 0.15) is 11.6 Å². The lowest BCUT2D eigenvalue weighted by atomic mass is 10.1. The highest BCUT2D eigenvalue weighted by molar-refractivity contribution is 5.45. The molecule has 0 aliphatic carbocycles. The van der Waals surface area contributed by atoms with E-state index in [0.29, 0.717) is 19.9 Å². The lowest BCUT2D eigenvalue weighted by molar-refractivity contribution is 0.140. The van der Waals surface area contributed by atoms with Crippen molar-refractivity contribution in [2.24, 2.45) is 5.73 Å². The standard InChI is InChI=1S/C13H20N2O3/c1-15(5-6-16-2)11(8-14)10-3-4-12-13(7-10)18-9-17-12/h3-4,7,11H,5-6,8-9,14H2,1-2H3. The summed E-state index contributed by atoms with van der Waals surface area (Å²) in [6.45, 7) is 2.38. The van der Waals surface area contributed by atoms with Gasteiger partial charge in [-0.25, -0.2) is 0 Å². The van der Waals surface area contributed by atoms with Crippen molar-refractivity contribution in [1.29, 1.82) is 0 Å². The van der Waals surface area contributed by atoms with Crippen LogP contribution in [0.3, 0.4) is 0 Å². The summed E-state index contributed by atoms with van der Waals surface area (Å²) in [5.74, 6) is 1.60. The minimum atomic E-state index is 0.162. The molecule has 2 N–H and O–H groups in total. The summed E-state index contributed by atoms with van der Waals surface area (Å²) in [5, 5.41) is 0. The fourth-order valence-corrected chi connectivity index (χ4v) is 2.08. The summed E-state index contributed by atoms with van der Waals surface area (Å²) < 4.78 is 15.8. The maximum absolute atomic E-state index is 5.87. The first-order valence-corrected chi connectivity index (χ1v) is 6.05. The molecular weight excluding hydrogens is 232 g/mol. The van der Waals surface area contributed by atoms with E-state index in [-0.39, 0.29) is 6.04 Å². The first-order valence-electron chi connectivity index (χ1n) is 6.05. The van der Waals surface area contributed by atoms with E-state index < -0.39 is 0 Å². The monoisotopic (exact) mass is 252 g/mol. The van der Waals surface area contributed by atoms with Crippen molar-refractivity contribution in [2.45, 2.75) is 6.04 Å². The molecule has 0 spiro atoms. The molecule has 5 nitrogen and oxygen atoms in total. The van der Waals surface area contributed by atoms with Crippen molar-refractivity contribution in [3.05, 3.63) is 23.8 Å². The van der Waals surface area contributed by atoms with Crippen molar-refractivity contribution in [1.82, 2.24) is 4.90 Å². The van der Waals surface area contributed by atoms with Gasteiger partial charge >= 0.3 is 0 Å². The van der Waals surface area contributed by atoms with Crippen LogP contribution < -0.4 is 15.2 Å². The second-order valence-corrected chi connectivity index (χ2v) is 4.34. The molecule has 0 saturated carbocycles. The van der Waals surface area contributed by atoms with Crippen LogP contribution in [0.25, 0.3) is 0 Å². The van der Waals surface area contributed by atoms with Crippen molar-refractivity contribution < 1.29 is 14.2 Å². The van der Waals surface area contributed by atoms with Gasteiger partial charge in [0, 0.05) is 26.2 Å². The maximum Gasteiger partial charge on any atom is 0.231 e. The molecule has 0 saturated heterocycles. The Labute approximate surface area is 107 Å². The van der Waals surface area contributed by atoms with Gasteiger partial charge in [-0.2, -0.15) is 0 Å².